The molecule has 4 aromatic rings. The summed E-state index contributed by atoms with van der Waals surface area (Å²) in [4.78, 5) is 0. The Kier molecular flexibility index (Phi) is 4.96. The Morgan fingerprint density at radius 2 is 1.31 bits per heavy atom. The molecule has 0 radical (unpaired) electrons. The summed E-state index contributed by atoms with van der Waals surface area (Å²) in [5.41, 5.74) is 3.06. The predicted molar refractivity (Wildman–Crippen MR) is 126 cm³/mol. The van der Waals surface area contributed by atoms with Crippen LogP contribution in [0.25, 0.3) is 10.8 Å². The van der Waals surface area contributed by atoms with E-state index >= 15 is 0 Å². The van der Waals surface area contributed by atoms with E-state index in [9.17, 15) is 0 Å². The summed E-state index contributed by atoms with van der Waals surface area (Å²) in [7, 11) is 1.74. The highest BCUT2D eigenvalue weighted by Gasteiger charge is 2.37. The largest absolute Gasteiger partial charge is 0.270 e. The molecule has 144 valence electrons. The second-order valence-electron chi connectivity index (χ2n) is 8.04. The maximum absolute atomic E-state index is 2.67. The molecule has 5 rings (SSSR count). The van der Waals surface area contributed by atoms with Gasteiger partial charge in [0.2, 0.25) is 0 Å². The van der Waals surface area contributed by atoms with Crippen LogP contribution in [0.5, 0.6) is 0 Å². The van der Waals surface area contributed by atoms with Crippen LogP contribution in [0.15, 0.2) is 97.1 Å². The summed E-state index contributed by atoms with van der Waals surface area (Å²) >= 11 is 0. The van der Waals surface area contributed by atoms with Gasteiger partial charge in [0, 0.05) is 14.1 Å². The lowest BCUT2D eigenvalue weighted by molar-refractivity contribution is 0.327. The zero-order valence-corrected chi connectivity index (χ0v) is 17.9. The first kappa shape index (κ1) is 18.6. The van der Waals surface area contributed by atoms with Crippen LogP contribution in [0, 0.1) is 5.92 Å². The summed E-state index contributed by atoms with van der Waals surface area (Å²) < 4.78 is 2.67. The topological polar surface area (TPSA) is 3.24 Å². The predicted octanol–water partition coefficient (Wildman–Crippen LogP) is 6.05. The van der Waals surface area contributed by atoms with Crippen molar-refractivity contribution < 1.29 is 0 Å². The first-order chi connectivity index (χ1) is 14.2. The van der Waals surface area contributed by atoms with Crippen molar-refractivity contribution in [1.82, 2.24) is 4.67 Å². The lowest BCUT2D eigenvalue weighted by atomic mass is 9.97. The average molecular weight is 395 g/mol. The zero-order chi connectivity index (χ0) is 19.8. The number of benzene rings is 4. The highest BCUT2D eigenvalue weighted by Crippen LogP contribution is 2.51. The lowest BCUT2D eigenvalue weighted by Crippen LogP contribution is -2.30. The molecule has 0 amide bonds. The number of fused-ring (bicyclic) bond motifs is 3. The van der Waals surface area contributed by atoms with E-state index in [-0.39, 0.29) is 0 Å². The van der Waals surface area contributed by atoms with E-state index < -0.39 is 8.07 Å². The van der Waals surface area contributed by atoms with Crippen molar-refractivity contribution >= 4 is 29.5 Å². The van der Waals surface area contributed by atoms with Crippen LogP contribution >= 0.6 is 8.07 Å². The van der Waals surface area contributed by atoms with Gasteiger partial charge >= 0.3 is 0 Å². The third kappa shape index (κ3) is 3.29. The van der Waals surface area contributed by atoms with Gasteiger partial charge in [-0.15, -0.1) is 0 Å². The average Bonchev–Trinajstić information content (AvgIpc) is 3.12. The van der Waals surface area contributed by atoms with Gasteiger partial charge in [-0.1, -0.05) is 104 Å². The molecule has 0 spiro atoms. The second kappa shape index (κ2) is 7.75. The third-order valence-electron chi connectivity index (χ3n) is 6.16. The smallest absolute Gasteiger partial charge is 0.0424 e. The summed E-state index contributed by atoms with van der Waals surface area (Å²) in [6.45, 7) is 2.42. The van der Waals surface area contributed by atoms with Gasteiger partial charge in [0.25, 0.3) is 0 Å². The van der Waals surface area contributed by atoms with Crippen molar-refractivity contribution in [3.8, 4) is 0 Å². The van der Waals surface area contributed by atoms with Gasteiger partial charge in [-0.3, -0.25) is 4.67 Å². The molecule has 2 atom stereocenters. The van der Waals surface area contributed by atoms with Crippen LogP contribution in [-0.4, -0.2) is 11.7 Å². The Morgan fingerprint density at radius 3 is 1.97 bits per heavy atom. The third-order valence-corrected chi connectivity index (χ3v) is 8.61. The van der Waals surface area contributed by atoms with Crippen LogP contribution in [0.4, 0.5) is 0 Å². The van der Waals surface area contributed by atoms with E-state index in [0.717, 1.165) is 6.42 Å². The molecule has 1 aliphatic rings. The number of hydrogen-bond acceptors (Lipinski definition) is 1. The van der Waals surface area contributed by atoms with Gasteiger partial charge in [0.1, 0.15) is 0 Å². The van der Waals surface area contributed by atoms with Gasteiger partial charge in [0.15, 0.2) is 0 Å². The van der Waals surface area contributed by atoms with E-state index in [4.69, 9.17) is 0 Å². The summed E-state index contributed by atoms with van der Waals surface area (Å²) in [6, 6.07) is 36.0. The van der Waals surface area contributed by atoms with Crippen molar-refractivity contribution in [2.24, 2.45) is 5.92 Å². The minimum Gasteiger partial charge on any atom is -0.270 e. The van der Waals surface area contributed by atoms with Gasteiger partial charge < -0.3 is 0 Å². The maximum Gasteiger partial charge on any atom is 0.0424 e. The normalized spacial score (nSPS) is 18.5. The molecule has 29 heavy (non-hydrogen) atoms. The fourth-order valence-corrected chi connectivity index (χ4v) is 7.47. The molecule has 0 saturated heterocycles. The SMILES string of the molecule is CC1Cc2ccc3ccccc3c2C1N(C)P(c1ccccc1)c1ccccc1. The molecule has 2 heteroatoms. The van der Waals surface area contributed by atoms with Crippen molar-refractivity contribution in [3.05, 3.63) is 108 Å². The van der Waals surface area contributed by atoms with Crippen LogP contribution in [0.2, 0.25) is 0 Å². The molecule has 4 aromatic carbocycles. The van der Waals surface area contributed by atoms with Crippen LogP contribution in [-0.2, 0) is 6.42 Å². The molecule has 0 saturated carbocycles. The van der Waals surface area contributed by atoms with Gasteiger partial charge in [-0.25, -0.2) is 0 Å². The molecule has 0 heterocycles. The number of rotatable bonds is 4. The minimum absolute atomic E-state index is 0.419. The maximum atomic E-state index is 2.67. The van der Waals surface area contributed by atoms with Crippen molar-refractivity contribution in [2.75, 3.05) is 7.05 Å². The first-order valence-corrected chi connectivity index (χ1v) is 11.7. The molecule has 0 N–H and O–H groups in total. The van der Waals surface area contributed by atoms with Gasteiger partial charge in [-0.05, 0) is 51.9 Å². The Morgan fingerprint density at radius 1 is 0.724 bits per heavy atom. The minimum atomic E-state index is -0.596. The van der Waals surface area contributed by atoms with E-state index in [0.29, 0.717) is 12.0 Å². The Balaban J connectivity index is 1.66. The monoisotopic (exact) mass is 395 g/mol. The molecular weight excluding hydrogens is 369 g/mol. The summed E-state index contributed by atoms with van der Waals surface area (Å²) in [6.07, 6.45) is 1.15. The second-order valence-corrected chi connectivity index (χ2v) is 10.3. The molecule has 0 bridgehead atoms. The summed E-state index contributed by atoms with van der Waals surface area (Å²) in [5, 5.41) is 5.60. The molecule has 1 aliphatic carbocycles. The molecule has 2 unspecified atom stereocenters. The number of hydrogen-bond donors (Lipinski definition) is 0. The Hall–Kier alpha value is -2.47. The van der Waals surface area contributed by atoms with Crippen LogP contribution in [0.3, 0.4) is 0 Å². The molecule has 1 nitrogen and oxygen atoms in total. The zero-order valence-electron chi connectivity index (χ0n) is 17.0. The Labute approximate surface area is 174 Å². The van der Waals surface area contributed by atoms with E-state index in [1.54, 1.807) is 0 Å². The van der Waals surface area contributed by atoms with Crippen molar-refractivity contribution in [1.29, 1.82) is 0 Å². The summed E-state index contributed by atoms with van der Waals surface area (Å²) in [5.74, 6) is 0.596. The molecule has 0 aliphatic heterocycles. The lowest BCUT2D eigenvalue weighted by Gasteiger charge is -2.36. The van der Waals surface area contributed by atoms with Gasteiger partial charge in [-0.2, -0.15) is 0 Å². The van der Waals surface area contributed by atoms with Crippen molar-refractivity contribution in [2.45, 2.75) is 19.4 Å². The van der Waals surface area contributed by atoms with E-state index in [2.05, 4.69) is 116 Å². The highest BCUT2D eigenvalue weighted by molar-refractivity contribution is 7.70. The van der Waals surface area contributed by atoms with E-state index in [1.165, 1.54) is 32.5 Å². The highest BCUT2D eigenvalue weighted by atomic mass is 31.1. The first-order valence-electron chi connectivity index (χ1n) is 10.4. The number of nitrogens with zero attached hydrogens (tertiary/aromatic N) is 1. The fourth-order valence-electron chi connectivity index (χ4n) is 4.94. The van der Waals surface area contributed by atoms with Crippen molar-refractivity contribution in [3.63, 3.8) is 0 Å². The van der Waals surface area contributed by atoms with Gasteiger partial charge in [0.05, 0.1) is 0 Å². The van der Waals surface area contributed by atoms with Crippen LogP contribution in [0.1, 0.15) is 24.1 Å². The quantitative estimate of drug-likeness (QED) is 0.380. The molecular formula is C27H26NP. The fraction of sp³-hybridized carbons (Fsp3) is 0.185. The molecule has 0 aromatic heterocycles. The molecule has 0 fully saturated rings. The standard InChI is InChI=1S/C27H26NP/c1-20-19-22-18-17-21-11-9-10-16-25(21)26(22)27(20)28(2)29(23-12-5-3-6-13-23)24-14-7-4-8-15-24/h3-18,20,27H,19H2,1-2H3. The van der Waals surface area contributed by atoms with Crippen LogP contribution < -0.4 is 10.6 Å². The Bertz CT molecular complexity index is 1080. The van der Waals surface area contributed by atoms with E-state index in [1.807, 2.05) is 0 Å².